The molecule has 1 saturated heterocycles. The quantitative estimate of drug-likeness (QED) is 0.706. The average molecular weight is 386 g/mol. The summed E-state index contributed by atoms with van der Waals surface area (Å²) in [6.07, 6.45) is 3.69. The van der Waals surface area contributed by atoms with Gasteiger partial charge < -0.3 is 10.2 Å². The number of aromatic nitrogens is 1. The van der Waals surface area contributed by atoms with Crippen molar-refractivity contribution in [3.63, 3.8) is 0 Å². The summed E-state index contributed by atoms with van der Waals surface area (Å²) < 4.78 is 0. The van der Waals surface area contributed by atoms with Gasteiger partial charge in [-0.2, -0.15) is 0 Å². The highest BCUT2D eigenvalue weighted by atomic mass is 16.1. The molecule has 0 aliphatic carbocycles. The van der Waals surface area contributed by atoms with Gasteiger partial charge in [-0.05, 0) is 35.9 Å². The molecule has 0 bridgehead atoms. The Morgan fingerprint density at radius 3 is 2.24 bits per heavy atom. The third kappa shape index (κ3) is 4.81. The number of pyridine rings is 1. The minimum absolute atomic E-state index is 0.0394. The number of nitrogens with one attached hydrogen (secondary N) is 1. The van der Waals surface area contributed by atoms with Crippen molar-refractivity contribution in [1.82, 2.24) is 15.2 Å². The zero-order valence-corrected chi connectivity index (χ0v) is 16.4. The van der Waals surface area contributed by atoms with Gasteiger partial charge >= 0.3 is 0 Å². The second kappa shape index (κ2) is 9.34. The van der Waals surface area contributed by atoms with E-state index in [0.29, 0.717) is 12.1 Å². The lowest BCUT2D eigenvalue weighted by molar-refractivity contribution is 0.0930. The lowest BCUT2D eigenvalue weighted by atomic mass is 10.1. The monoisotopic (exact) mass is 386 g/mol. The van der Waals surface area contributed by atoms with Crippen molar-refractivity contribution in [3.05, 3.63) is 96.3 Å². The van der Waals surface area contributed by atoms with Crippen molar-refractivity contribution < 1.29 is 4.79 Å². The fourth-order valence-corrected chi connectivity index (χ4v) is 3.84. The van der Waals surface area contributed by atoms with E-state index in [-0.39, 0.29) is 11.9 Å². The van der Waals surface area contributed by atoms with Crippen LogP contribution < -0.4 is 10.2 Å². The van der Waals surface area contributed by atoms with E-state index in [4.69, 9.17) is 0 Å². The molecule has 148 valence electrons. The van der Waals surface area contributed by atoms with E-state index in [9.17, 15) is 4.79 Å². The van der Waals surface area contributed by atoms with Gasteiger partial charge in [-0.3, -0.25) is 14.7 Å². The molecule has 5 heteroatoms. The van der Waals surface area contributed by atoms with Crippen molar-refractivity contribution in [2.45, 2.75) is 6.04 Å². The van der Waals surface area contributed by atoms with Crippen LogP contribution in [0.5, 0.6) is 0 Å². The highest BCUT2D eigenvalue weighted by Crippen LogP contribution is 2.23. The molecule has 2 heterocycles. The molecule has 1 fully saturated rings. The summed E-state index contributed by atoms with van der Waals surface area (Å²) in [5, 5.41) is 3.12. The number of hydrogen-bond donors (Lipinski definition) is 1. The third-order valence-corrected chi connectivity index (χ3v) is 5.44. The fraction of sp³-hybridized carbons (Fsp3) is 0.250. The Balaban J connectivity index is 1.43. The highest BCUT2D eigenvalue weighted by molar-refractivity contribution is 5.94. The molecule has 0 spiro atoms. The number of piperazine rings is 1. The zero-order chi connectivity index (χ0) is 19.9. The summed E-state index contributed by atoms with van der Waals surface area (Å²) >= 11 is 0. The van der Waals surface area contributed by atoms with Crippen LogP contribution >= 0.6 is 0 Å². The van der Waals surface area contributed by atoms with Crippen LogP contribution in [0.2, 0.25) is 0 Å². The molecule has 1 aliphatic rings. The SMILES string of the molecule is O=C(NCC(c1cccnc1)N1CCN(c2ccccc2)CC1)c1ccccc1. The Labute approximate surface area is 172 Å². The Kier molecular flexibility index (Phi) is 6.17. The van der Waals surface area contributed by atoms with E-state index in [1.807, 2.05) is 48.7 Å². The molecule has 0 radical (unpaired) electrons. The molecule has 1 unspecified atom stereocenters. The van der Waals surface area contributed by atoms with E-state index in [0.717, 1.165) is 31.7 Å². The maximum absolute atomic E-state index is 12.5. The first-order valence-electron chi connectivity index (χ1n) is 10.1. The molecule has 0 saturated carbocycles. The smallest absolute Gasteiger partial charge is 0.251 e. The molecule has 1 aliphatic heterocycles. The normalized spacial score (nSPS) is 15.7. The van der Waals surface area contributed by atoms with E-state index in [1.54, 1.807) is 6.20 Å². The highest BCUT2D eigenvalue weighted by Gasteiger charge is 2.26. The predicted octanol–water partition coefficient (Wildman–Crippen LogP) is 3.37. The number of benzene rings is 2. The maximum Gasteiger partial charge on any atom is 0.251 e. The van der Waals surface area contributed by atoms with E-state index < -0.39 is 0 Å². The number of rotatable bonds is 6. The molecule has 1 N–H and O–H groups in total. The van der Waals surface area contributed by atoms with Gasteiger partial charge in [0.15, 0.2) is 0 Å². The van der Waals surface area contributed by atoms with Crippen molar-refractivity contribution in [2.75, 3.05) is 37.6 Å². The summed E-state index contributed by atoms with van der Waals surface area (Å²) in [5.74, 6) is -0.0394. The first kappa shape index (κ1) is 19.2. The van der Waals surface area contributed by atoms with Crippen LogP contribution in [0.3, 0.4) is 0 Å². The molecular formula is C24H26N4O. The third-order valence-electron chi connectivity index (χ3n) is 5.44. The average Bonchev–Trinajstić information content (AvgIpc) is 2.81. The lowest BCUT2D eigenvalue weighted by Gasteiger charge is -2.40. The van der Waals surface area contributed by atoms with E-state index in [1.165, 1.54) is 5.69 Å². The molecule has 5 nitrogen and oxygen atoms in total. The minimum Gasteiger partial charge on any atom is -0.369 e. The molecule has 4 rings (SSSR count). The van der Waals surface area contributed by atoms with Crippen LogP contribution in [0, 0.1) is 0 Å². The molecule has 1 aromatic heterocycles. The summed E-state index contributed by atoms with van der Waals surface area (Å²) in [4.78, 5) is 21.7. The van der Waals surface area contributed by atoms with Gasteiger partial charge in [0, 0.05) is 56.4 Å². The van der Waals surface area contributed by atoms with Gasteiger partial charge in [0.25, 0.3) is 5.91 Å². The number of carbonyl (C=O) groups is 1. The minimum atomic E-state index is -0.0394. The van der Waals surface area contributed by atoms with Crippen LogP contribution in [0.4, 0.5) is 5.69 Å². The molecule has 29 heavy (non-hydrogen) atoms. The molecular weight excluding hydrogens is 360 g/mol. The van der Waals surface area contributed by atoms with Crippen LogP contribution in [0.1, 0.15) is 22.0 Å². The van der Waals surface area contributed by atoms with Gasteiger partial charge in [-0.15, -0.1) is 0 Å². The van der Waals surface area contributed by atoms with Crippen LogP contribution in [-0.2, 0) is 0 Å². The number of anilines is 1. The Hall–Kier alpha value is -3.18. The van der Waals surface area contributed by atoms with Gasteiger partial charge in [0.05, 0.1) is 6.04 Å². The summed E-state index contributed by atoms with van der Waals surface area (Å²) in [7, 11) is 0. The van der Waals surface area contributed by atoms with Gasteiger partial charge in [0.2, 0.25) is 0 Å². The van der Waals surface area contributed by atoms with Crippen LogP contribution in [0.15, 0.2) is 85.2 Å². The molecule has 3 aromatic rings. The molecule has 1 atom stereocenters. The zero-order valence-electron chi connectivity index (χ0n) is 16.4. The Morgan fingerprint density at radius 2 is 1.59 bits per heavy atom. The van der Waals surface area contributed by atoms with Crippen LogP contribution in [0.25, 0.3) is 0 Å². The summed E-state index contributed by atoms with van der Waals surface area (Å²) in [6.45, 7) is 4.37. The Morgan fingerprint density at radius 1 is 0.897 bits per heavy atom. The first-order chi connectivity index (χ1) is 14.3. The van der Waals surface area contributed by atoms with Crippen LogP contribution in [-0.4, -0.2) is 48.5 Å². The van der Waals surface area contributed by atoms with Gasteiger partial charge in [0.1, 0.15) is 0 Å². The number of para-hydroxylation sites is 1. The van der Waals surface area contributed by atoms with Gasteiger partial charge in [-0.25, -0.2) is 0 Å². The van der Waals surface area contributed by atoms with Crippen molar-refractivity contribution in [1.29, 1.82) is 0 Å². The summed E-state index contributed by atoms with van der Waals surface area (Å²) in [5.41, 5.74) is 3.09. The number of carbonyl (C=O) groups excluding carboxylic acids is 1. The Bertz CT molecular complexity index is 894. The lowest BCUT2D eigenvalue weighted by Crippen LogP contribution is -2.50. The van der Waals surface area contributed by atoms with Gasteiger partial charge in [-0.1, -0.05) is 42.5 Å². The number of hydrogen-bond acceptors (Lipinski definition) is 4. The first-order valence-corrected chi connectivity index (χ1v) is 10.1. The topological polar surface area (TPSA) is 48.5 Å². The molecule has 1 amide bonds. The summed E-state index contributed by atoms with van der Waals surface area (Å²) in [6, 6.07) is 24.1. The fourth-order valence-electron chi connectivity index (χ4n) is 3.84. The van der Waals surface area contributed by atoms with Crippen molar-refractivity contribution in [2.24, 2.45) is 0 Å². The standard InChI is InChI=1S/C24H26N4O/c29-24(20-8-3-1-4-9-20)26-19-23(21-10-7-13-25-18-21)28-16-14-27(15-17-28)22-11-5-2-6-12-22/h1-13,18,23H,14-17,19H2,(H,26,29). The molecule has 2 aromatic carbocycles. The van der Waals surface area contributed by atoms with Crippen molar-refractivity contribution >= 4 is 11.6 Å². The second-order valence-corrected chi connectivity index (χ2v) is 7.24. The van der Waals surface area contributed by atoms with E-state index >= 15 is 0 Å². The van der Waals surface area contributed by atoms with Crippen molar-refractivity contribution in [3.8, 4) is 0 Å². The number of amides is 1. The second-order valence-electron chi connectivity index (χ2n) is 7.24. The maximum atomic E-state index is 12.5. The number of nitrogens with zero attached hydrogens (tertiary/aromatic N) is 3. The largest absolute Gasteiger partial charge is 0.369 e. The van der Waals surface area contributed by atoms with E-state index in [2.05, 4.69) is 50.4 Å². The predicted molar refractivity (Wildman–Crippen MR) is 116 cm³/mol.